The summed E-state index contributed by atoms with van der Waals surface area (Å²) in [6, 6.07) is 0. The second kappa shape index (κ2) is 2.84. The quantitative estimate of drug-likeness (QED) is 0.515. The molecule has 8 heavy (non-hydrogen) atoms. The third kappa shape index (κ3) is 1.32. The fraction of sp³-hybridized carbons (Fsp3) is 0.667. The first kappa shape index (κ1) is 5.79. The van der Waals surface area contributed by atoms with Crippen molar-refractivity contribution in [1.82, 2.24) is 5.32 Å². The molecule has 0 amide bonds. The fourth-order valence-corrected chi connectivity index (χ4v) is 0.770. The van der Waals surface area contributed by atoms with Gasteiger partial charge in [0.2, 0.25) is 0 Å². The average Bonchev–Trinajstić information content (AvgIpc) is 2.19. The number of hydrogen-bond donors (Lipinski definition) is 1. The van der Waals surface area contributed by atoms with Crippen LogP contribution in [0.1, 0.15) is 0 Å². The first-order valence-corrected chi connectivity index (χ1v) is 2.86. The second-order valence-electron chi connectivity index (χ2n) is 1.86. The number of rotatable bonds is 2. The molecule has 0 aromatic heterocycles. The van der Waals surface area contributed by atoms with Crippen molar-refractivity contribution in [2.75, 3.05) is 20.2 Å². The number of hydrogen-bond acceptors (Lipinski definition) is 2. The van der Waals surface area contributed by atoms with E-state index in [1.54, 1.807) is 0 Å². The minimum absolute atomic E-state index is 0.319. The van der Waals surface area contributed by atoms with E-state index in [0.717, 1.165) is 13.2 Å². The molecule has 0 saturated heterocycles. The largest absolute Gasteiger partial charge is 0.369 e. The molecule has 0 aromatic rings. The molecule has 0 fully saturated rings. The van der Waals surface area contributed by atoms with Crippen molar-refractivity contribution in [2.24, 2.45) is 0 Å². The van der Waals surface area contributed by atoms with Crippen LogP contribution in [0.2, 0.25) is 0 Å². The Hall–Kier alpha value is -0.340. The predicted molar refractivity (Wildman–Crippen MR) is 32.8 cm³/mol. The van der Waals surface area contributed by atoms with Gasteiger partial charge in [-0.05, 0) is 7.05 Å². The van der Waals surface area contributed by atoms with E-state index in [1.165, 1.54) is 0 Å². The maximum absolute atomic E-state index is 5.22. The third-order valence-electron chi connectivity index (χ3n) is 1.16. The summed E-state index contributed by atoms with van der Waals surface area (Å²) < 4.78 is 5.22. The van der Waals surface area contributed by atoms with E-state index in [1.807, 2.05) is 13.1 Å². The highest BCUT2D eigenvalue weighted by Gasteiger charge is 2.05. The van der Waals surface area contributed by atoms with E-state index in [4.69, 9.17) is 4.74 Å². The Morgan fingerprint density at radius 3 is 3.25 bits per heavy atom. The lowest BCUT2D eigenvalue weighted by atomic mass is 10.3. The van der Waals surface area contributed by atoms with E-state index < -0.39 is 0 Å². The molecule has 46 valence electrons. The summed E-state index contributed by atoms with van der Waals surface area (Å²) in [5.74, 6) is 0. The van der Waals surface area contributed by atoms with E-state index in [2.05, 4.69) is 11.4 Å². The summed E-state index contributed by atoms with van der Waals surface area (Å²) in [6.07, 6.45) is 4.44. The predicted octanol–water partition coefficient (Wildman–Crippen LogP) is 0.161. The van der Waals surface area contributed by atoms with Gasteiger partial charge in [-0.25, -0.2) is 0 Å². The molecular weight excluding hydrogens is 102 g/mol. The molecule has 1 aliphatic rings. The molecule has 1 N–H and O–H groups in total. The SMILES string of the molecule is CNCC1C=CCO1. The topological polar surface area (TPSA) is 21.3 Å². The molecule has 2 nitrogen and oxygen atoms in total. The summed E-state index contributed by atoms with van der Waals surface area (Å²) in [5, 5.41) is 3.03. The highest BCUT2D eigenvalue weighted by Crippen LogP contribution is 1.99. The van der Waals surface area contributed by atoms with Crippen LogP contribution >= 0.6 is 0 Å². The van der Waals surface area contributed by atoms with Gasteiger partial charge in [-0.2, -0.15) is 0 Å². The molecule has 1 unspecified atom stereocenters. The first-order chi connectivity index (χ1) is 3.93. The average molecular weight is 113 g/mol. The monoisotopic (exact) mass is 113 g/mol. The van der Waals surface area contributed by atoms with Crippen LogP contribution in [-0.4, -0.2) is 26.3 Å². The van der Waals surface area contributed by atoms with Gasteiger partial charge in [0, 0.05) is 6.54 Å². The second-order valence-corrected chi connectivity index (χ2v) is 1.86. The van der Waals surface area contributed by atoms with Gasteiger partial charge in [-0.1, -0.05) is 12.2 Å². The Labute approximate surface area is 49.5 Å². The van der Waals surface area contributed by atoms with Gasteiger partial charge in [-0.15, -0.1) is 0 Å². The standard InChI is InChI=1S/C6H11NO/c1-7-5-6-3-2-4-8-6/h2-3,6-7H,4-5H2,1H3. The van der Waals surface area contributed by atoms with E-state index in [-0.39, 0.29) is 0 Å². The maximum atomic E-state index is 5.22. The van der Waals surface area contributed by atoms with Gasteiger partial charge >= 0.3 is 0 Å². The molecular formula is C6H11NO. The zero-order valence-electron chi connectivity index (χ0n) is 5.05. The molecule has 2 heteroatoms. The van der Waals surface area contributed by atoms with Gasteiger partial charge in [0.05, 0.1) is 12.7 Å². The van der Waals surface area contributed by atoms with Crippen molar-refractivity contribution in [3.63, 3.8) is 0 Å². The Balaban J connectivity index is 2.16. The number of nitrogens with one attached hydrogen (secondary N) is 1. The molecule has 0 aromatic carbocycles. The summed E-state index contributed by atoms with van der Waals surface area (Å²) in [6.45, 7) is 1.71. The van der Waals surface area contributed by atoms with Crippen LogP contribution in [0.25, 0.3) is 0 Å². The summed E-state index contributed by atoms with van der Waals surface area (Å²) in [4.78, 5) is 0. The molecule has 0 spiro atoms. The molecule has 0 bridgehead atoms. The molecule has 1 heterocycles. The van der Waals surface area contributed by atoms with Crippen LogP contribution in [0.3, 0.4) is 0 Å². The van der Waals surface area contributed by atoms with Crippen molar-refractivity contribution in [3.05, 3.63) is 12.2 Å². The van der Waals surface area contributed by atoms with Crippen LogP contribution < -0.4 is 5.32 Å². The van der Waals surface area contributed by atoms with E-state index in [9.17, 15) is 0 Å². The van der Waals surface area contributed by atoms with Gasteiger partial charge in [0.25, 0.3) is 0 Å². The number of ether oxygens (including phenoxy) is 1. The smallest absolute Gasteiger partial charge is 0.0885 e. The molecule has 0 saturated carbocycles. The van der Waals surface area contributed by atoms with Crippen LogP contribution in [-0.2, 0) is 4.74 Å². The zero-order chi connectivity index (χ0) is 5.82. The van der Waals surface area contributed by atoms with Crippen molar-refractivity contribution in [2.45, 2.75) is 6.10 Å². The van der Waals surface area contributed by atoms with E-state index >= 15 is 0 Å². The minimum Gasteiger partial charge on any atom is -0.369 e. The molecule has 1 aliphatic heterocycles. The van der Waals surface area contributed by atoms with Gasteiger partial charge in [0.1, 0.15) is 0 Å². The summed E-state index contributed by atoms with van der Waals surface area (Å²) in [7, 11) is 1.93. The lowest BCUT2D eigenvalue weighted by Crippen LogP contribution is -2.21. The highest BCUT2D eigenvalue weighted by molar-refractivity contribution is 4.96. The maximum Gasteiger partial charge on any atom is 0.0885 e. The summed E-state index contributed by atoms with van der Waals surface area (Å²) >= 11 is 0. The Morgan fingerprint density at radius 1 is 1.88 bits per heavy atom. The van der Waals surface area contributed by atoms with Crippen molar-refractivity contribution >= 4 is 0 Å². The first-order valence-electron chi connectivity index (χ1n) is 2.86. The summed E-state index contributed by atoms with van der Waals surface area (Å²) in [5.41, 5.74) is 0. The van der Waals surface area contributed by atoms with Gasteiger partial charge in [0.15, 0.2) is 0 Å². The Bertz CT molecular complexity index is 90.5. The Morgan fingerprint density at radius 2 is 2.75 bits per heavy atom. The van der Waals surface area contributed by atoms with Crippen LogP contribution in [0.4, 0.5) is 0 Å². The third-order valence-corrected chi connectivity index (χ3v) is 1.16. The molecule has 1 atom stereocenters. The van der Waals surface area contributed by atoms with Gasteiger partial charge < -0.3 is 10.1 Å². The molecule has 0 aliphatic carbocycles. The lowest BCUT2D eigenvalue weighted by molar-refractivity contribution is 0.129. The van der Waals surface area contributed by atoms with Crippen LogP contribution in [0, 0.1) is 0 Å². The molecule has 0 radical (unpaired) electrons. The van der Waals surface area contributed by atoms with Crippen molar-refractivity contribution < 1.29 is 4.74 Å². The highest BCUT2D eigenvalue weighted by atomic mass is 16.5. The van der Waals surface area contributed by atoms with Crippen molar-refractivity contribution in [1.29, 1.82) is 0 Å². The normalized spacial score (nSPS) is 26.9. The van der Waals surface area contributed by atoms with E-state index in [0.29, 0.717) is 6.10 Å². The lowest BCUT2D eigenvalue weighted by Gasteiger charge is -2.04. The van der Waals surface area contributed by atoms with Crippen LogP contribution in [0.5, 0.6) is 0 Å². The zero-order valence-corrected chi connectivity index (χ0v) is 5.05. The van der Waals surface area contributed by atoms with Crippen molar-refractivity contribution in [3.8, 4) is 0 Å². The van der Waals surface area contributed by atoms with Gasteiger partial charge in [-0.3, -0.25) is 0 Å². The molecule has 1 rings (SSSR count). The fourth-order valence-electron chi connectivity index (χ4n) is 0.770. The number of likely N-dealkylation sites (N-methyl/N-ethyl adjacent to an activating group) is 1. The minimum atomic E-state index is 0.319. The van der Waals surface area contributed by atoms with Crippen LogP contribution in [0.15, 0.2) is 12.2 Å². The Kier molecular flexibility index (Phi) is 2.06.